The van der Waals surface area contributed by atoms with Crippen molar-refractivity contribution in [1.82, 2.24) is 19.7 Å². The molecule has 2 fully saturated rings. The molecule has 2 aliphatic heterocycles. The summed E-state index contributed by atoms with van der Waals surface area (Å²) in [6.07, 6.45) is 1.61. The number of carbonyl (C=O) groups is 3. The van der Waals surface area contributed by atoms with E-state index in [9.17, 15) is 14.4 Å². The minimum Gasteiger partial charge on any atom is -0.354 e. The molecule has 2 saturated heterocycles. The van der Waals surface area contributed by atoms with Crippen LogP contribution in [0.15, 0.2) is 35.8 Å². The van der Waals surface area contributed by atoms with Crippen molar-refractivity contribution in [2.75, 3.05) is 37.7 Å². The first kappa shape index (κ1) is 19.0. The highest BCUT2D eigenvalue weighted by molar-refractivity contribution is 7.09. The van der Waals surface area contributed by atoms with Gasteiger partial charge in [-0.3, -0.25) is 19.4 Å². The number of amides is 4. The van der Waals surface area contributed by atoms with Crippen molar-refractivity contribution < 1.29 is 14.4 Å². The summed E-state index contributed by atoms with van der Waals surface area (Å²) >= 11 is 1.43. The van der Waals surface area contributed by atoms with Crippen LogP contribution >= 0.6 is 11.3 Å². The lowest BCUT2D eigenvalue weighted by atomic mass is 10.2. The Labute approximate surface area is 171 Å². The Bertz CT molecular complexity index is 978. The number of imide groups is 2. The number of rotatable bonds is 5. The van der Waals surface area contributed by atoms with Crippen LogP contribution in [0.5, 0.6) is 0 Å². The van der Waals surface area contributed by atoms with E-state index in [-0.39, 0.29) is 13.2 Å². The summed E-state index contributed by atoms with van der Waals surface area (Å²) in [7, 11) is 0. The molecule has 0 atom stereocenters. The normalized spacial score (nSPS) is 17.9. The van der Waals surface area contributed by atoms with Crippen LogP contribution in [0.4, 0.5) is 10.6 Å². The van der Waals surface area contributed by atoms with Gasteiger partial charge in [-0.1, -0.05) is 6.07 Å². The molecule has 2 aliphatic rings. The van der Waals surface area contributed by atoms with Crippen LogP contribution in [-0.4, -0.2) is 70.4 Å². The molecule has 0 saturated carbocycles. The zero-order chi connectivity index (χ0) is 20.4. The van der Waals surface area contributed by atoms with Crippen molar-refractivity contribution in [3.05, 3.63) is 46.3 Å². The zero-order valence-corrected chi connectivity index (χ0v) is 16.3. The first-order chi connectivity index (χ1) is 14.1. The summed E-state index contributed by atoms with van der Waals surface area (Å²) in [5.74, 6) is -0.828. The summed E-state index contributed by atoms with van der Waals surface area (Å²) in [6.45, 7) is 2.70. The van der Waals surface area contributed by atoms with Crippen LogP contribution in [0.3, 0.4) is 0 Å². The van der Waals surface area contributed by atoms with Crippen molar-refractivity contribution in [2.24, 2.45) is 0 Å². The maximum Gasteiger partial charge on any atom is 0.335 e. The zero-order valence-electron chi connectivity index (χ0n) is 15.5. The SMILES string of the molecule is N#Cc1ccnc(N2CCN(CN3C(=O)C(=O)N(Cc4cccs4)C3=O)CC2)c1. The molecule has 4 amide bonds. The van der Waals surface area contributed by atoms with Gasteiger partial charge in [0.05, 0.1) is 24.8 Å². The number of thiophene rings is 1. The Kier molecular flexibility index (Phi) is 5.24. The summed E-state index contributed by atoms with van der Waals surface area (Å²) in [6, 6.07) is 8.59. The van der Waals surface area contributed by atoms with Crippen LogP contribution in [0, 0.1) is 11.3 Å². The topological polar surface area (TPSA) is 101 Å². The van der Waals surface area contributed by atoms with E-state index in [4.69, 9.17) is 5.26 Å². The number of urea groups is 1. The molecule has 9 nitrogen and oxygen atoms in total. The monoisotopic (exact) mass is 410 g/mol. The number of hydrogen-bond acceptors (Lipinski definition) is 8. The Morgan fingerprint density at radius 1 is 1.07 bits per heavy atom. The van der Waals surface area contributed by atoms with E-state index in [0.717, 1.165) is 20.5 Å². The molecule has 0 aliphatic carbocycles. The fourth-order valence-corrected chi connectivity index (χ4v) is 4.04. The van der Waals surface area contributed by atoms with E-state index < -0.39 is 17.8 Å². The van der Waals surface area contributed by atoms with Gasteiger partial charge in [0.2, 0.25) is 0 Å². The first-order valence-corrected chi connectivity index (χ1v) is 9.98. The summed E-state index contributed by atoms with van der Waals surface area (Å²) in [5.41, 5.74) is 0.551. The van der Waals surface area contributed by atoms with Crippen molar-refractivity contribution in [3.63, 3.8) is 0 Å². The Morgan fingerprint density at radius 2 is 1.83 bits per heavy atom. The van der Waals surface area contributed by atoms with Gasteiger partial charge in [0.1, 0.15) is 5.82 Å². The first-order valence-electron chi connectivity index (χ1n) is 9.10. The summed E-state index contributed by atoms with van der Waals surface area (Å²) < 4.78 is 0. The van der Waals surface area contributed by atoms with Crippen LogP contribution in [-0.2, 0) is 16.1 Å². The van der Waals surface area contributed by atoms with E-state index >= 15 is 0 Å². The lowest BCUT2D eigenvalue weighted by Crippen LogP contribution is -2.51. The van der Waals surface area contributed by atoms with Crippen molar-refractivity contribution in [1.29, 1.82) is 5.26 Å². The quantitative estimate of drug-likeness (QED) is 0.537. The van der Waals surface area contributed by atoms with Crippen molar-refractivity contribution in [2.45, 2.75) is 6.54 Å². The van der Waals surface area contributed by atoms with Gasteiger partial charge in [-0.05, 0) is 23.6 Å². The average molecular weight is 410 g/mol. The smallest absolute Gasteiger partial charge is 0.335 e. The largest absolute Gasteiger partial charge is 0.354 e. The molecule has 2 aromatic rings. The van der Waals surface area contributed by atoms with Gasteiger partial charge in [0.25, 0.3) is 0 Å². The van der Waals surface area contributed by atoms with Gasteiger partial charge < -0.3 is 4.90 Å². The minimum absolute atomic E-state index is 0.0872. The molecule has 0 radical (unpaired) electrons. The fraction of sp³-hybridized carbons (Fsp3) is 0.316. The van der Waals surface area contributed by atoms with Crippen LogP contribution < -0.4 is 4.90 Å². The van der Waals surface area contributed by atoms with Gasteiger partial charge >= 0.3 is 17.8 Å². The Balaban J connectivity index is 1.36. The lowest BCUT2D eigenvalue weighted by molar-refractivity contribution is -0.144. The highest BCUT2D eigenvalue weighted by Crippen LogP contribution is 2.20. The third-order valence-electron chi connectivity index (χ3n) is 4.94. The van der Waals surface area contributed by atoms with E-state index in [1.807, 2.05) is 22.4 Å². The van der Waals surface area contributed by atoms with Crippen molar-refractivity contribution in [3.8, 4) is 6.07 Å². The second-order valence-corrected chi connectivity index (χ2v) is 7.78. The number of piperazine rings is 1. The maximum atomic E-state index is 12.6. The number of nitrogens with zero attached hydrogens (tertiary/aromatic N) is 6. The second-order valence-electron chi connectivity index (χ2n) is 6.75. The molecule has 148 valence electrons. The highest BCUT2D eigenvalue weighted by Gasteiger charge is 2.45. The molecular weight excluding hydrogens is 392 g/mol. The van der Waals surface area contributed by atoms with Crippen molar-refractivity contribution >= 4 is 35.0 Å². The molecule has 29 heavy (non-hydrogen) atoms. The van der Waals surface area contributed by atoms with E-state index in [1.54, 1.807) is 18.3 Å². The molecule has 0 unspecified atom stereocenters. The summed E-state index contributed by atoms with van der Waals surface area (Å²) in [5, 5.41) is 10.9. The highest BCUT2D eigenvalue weighted by atomic mass is 32.1. The number of pyridine rings is 1. The van der Waals surface area contributed by atoms with E-state index in [1.165, 1.54) is 11.3 Å². The molecule has 2 aromatic heterocycles. The van der Waals surface area contributed by atoms with Gasteiger partial charge in [0.15, 0.2) is 0 Å². The van der Waals surface area contributed by atoms with Crippen LogP contribution in [0.25, 0.3) is 0 Å². The van der Waals surface area contributed by atoms with Crippen LogP contribution in [0.2, 0.25) is 0 Å². The predicted octanol–water partition coefficient (Wildman–Crippen LogP) is 1.09. The number of aromatic nitrogens is 1. The van der Waals surface area contributed by atoms with Gasteiger partial charge in [0, 0.05) is 37.3 Å². The lowest BCUT2D eigenvalue weighted by Gasteiger charge is -2.36. The Morgan fingerprint density at radius 3 is 2.52 bits per heavy atom. The minimum atomic E-state index is -0.780. The molecule has 0 bridgehead atoms. The third-order valence-corrected chi connectivity index (χ3v) is 5.80. The van der Waals surface area contributed by atoms with Gasteiger partial charge in [-0.2, -0.15) is 5.26 Å². The number of hydrogen-bond donors (Lipinski definition) is 0. The molecular formula is C19H18N6O3S. The molecule has 10 heteroatoms. The number of anilines is 1. The fourth-order valence-electron chi connectivity index (χ4n) is 3.35. The molecule has 4 heterocycles. The van der Waals surface area contributed by atoms with Gasteiger partial charge in [-0.25, -0.2) is 14.7 Å². The number of nitriles is 1. The van der Waals surface area contributed by atoms with E-state index in [2.05, 4.69) is 16.0 Å². The maximum absolute atomic E-state index is 12.6. The predicted molar refractivity (Wildman–Crippen MR) is 105 cm³/mol. The molecule has 0 spiro atoms. The number of carbonyl (C=O) groups excluding carboxylic acids is 3. The molecule has 4 rings (SSSR count). The second kappa shape index (κ2) is 7.98. The average Bonchev–Trinajstić information content (AvgIpc) is 3.34. The summed E-state index contributed by atoms with van der Waals surface area (Å²) in [4.78, 5) is 48.4. The molecule has 0 N–H and O–H groups in total. The standard InChI is InChI=1S/C19H18N6O3S/c20-11-14-3-4-21-16(10-14)23-7-5-22(6-8-23)13-25-18(27)17(26)24(19(25)28)12-15-2-1-9-29-15/h1-4,9-10H,5-8,12-13H2. The van der Waals surface area contributed by atoms with Gasteiger partial charge in [-0.15, -0.1) is 11.3 Å². The molecule has 0 aromatic carbocycles. The Hall–Kier alpha value is -3.29. The third kappa shape index (κ3) is 3.83. The van der Waals surface area contributed by atoms with E-state index in [0.29, 0.717) is 31.7 Å². The van der Waals surface area contributed by atoms with Crippen LogP contribution in [0.1, 0.15) is 10.4 Å².